The first-order valence-corrected chi connectivity index (χ1v) is 6.48. The van der Waals surface area contributed by atoms with Crippen LogP contribution in [0.25, 0.3) is 6.08 Å². The molecule has 1 aromatic heterocycles. The Hall–Kier alpha value is -1.69. The molecule has 0 saturated carbocycles. The van der Waals surface area contributed by atoms with Gasteiger partial charge < -0.3 is 10.1 Å². The van der Waals surface area contributed by atoms with E-state index in [1.54, 1.807) is 19.9 Å². The third-order valence-electron chi connectivity index (χ3n) is 2.04. The van der Waals surface area contributed by atoms with Gasteiger partial charge in [-0.3, -0.25) is 4.79 Å². The number of hydrogen-bond donors (Lipinski definition) is 1. The second-order valence-corrected chi connectivity index (χ2v) is 4.67. The molecule has 0 saturated heterocycles. The number of carbonyl (C=O) groups is 2. The summed E-state index contributed by atoms with van der Waals surface area (Å²) in [5.41, 5.74) is 0.733. The third kappa shape index (κ3) is 4.67. The summed E-state index contributed by atoms with van der Waals surface area (Å²) >= 11 is 1.51. The maximum atomic E-state index is 11.5. The van der Waals surface area contributed by atoms with E-state index in [0.717, 1.165) is 10.7 Å². The molecule has 98 valence electrons. The smallest absolute Gasteiger partial charge is 0.328 e. The molecule has 1 aromatic rings. The Morgan fingerprint density at radius 2 is 2.33 bits per heavy atom. The molecular weight excluding hydrogens is 252 g/mol. The van der Waals surface area contributed by atoms with E-state index in [0.29, 0.717) is 6.61 Å². The molecule has 0 aliphatic carbocycles. The minimum atomic E-state index is -0.653. The van der Waals surface area contributed by atoms with Gasteiger partial charge in [0.1, 0.15) is 6.04 Å². The first kappa shape index (κ1) is 14.4. The number of amides is 1. The van der Waals surface area contributed by atoms with Crippen molar-refractivity contribution in [3.8, 4) is 0 Å². The lowest BCUT2D eigenvalue weighted by molar-refractivity contribution is -0.146. The molecule has 0 fully saturated rings. The van der Waals surface area contributed by atoms with E-state index in [1.807, 2.05) is 12.3 Å². The Kier molecular flexibility index (Phi) is 5.51. The zero-order chi connectivity index (χ0) is 13.5. The zero-order valence-electron chi connectivity index (χ0n) is 10.6. The van der Waals surface area contributed by atoms with E-state index in [4.69, 9.17) is 4.74 Å². The molecule has 0 aliphatic heterocycles. The molecule has 1 atom stereocenters. The Bertz CT molecular complexity index is 454. The van der Waals surface area contributed by atoms with Crippen LogP contribution in [0.3, 0.4) is 0 Å². The monoisotopic (exact) mass is 268 g/mol. The van der Waals surface area contributed by atoms with Crippen molar-refractivity contribution in [1.82, 2.24) is 10.3 Å². The molecule has 1 rings (SSSR count). The molecule has 1 amide bonds. The van der Waals surface area contributed by atoms with Gasteiger partial charge in [-0.25, -0.2) is 9.78 Å². The van der Waals surface area contributed by atoms with Gasteiger partial charge in [-0.2, -0.15) is 0 Å². The van der Waals surface area contributed by atoms with Gasteiger partial charge in [-0.05, 0) is 26.8 Å². The SMILES string of the molecule is CCOC(=O)C(C)NC(=O)/C=C/c1csc(C)n1. The maximum absolute atomic E-state index is 11.5. The van der Waals surface area contributed by atoms with Crippen molar-refractivity contribution in [3.05, 3.63) is 22.2 Å². The second-order valence-electron chi connectivity index (χ2n) is 3.61. The number of carbonyl (C=O) groups excluding carboxylic acids is 2. The Balaban J connectivity index is 2.46. The normalized spacial score (nSPS) is 12.4. The van der Waals surface area contributed by atoms with Crippen LogP contribution >= 0.6 is 11.3 Å². The molecular formula is C12H16N2O3S. The van der Waals surface area contributed by atoms with Crippen molar-refractivity contribution < 1.29 is 14.3 Å². The van der Waals surface area contributed by atoms with Crippen molar-refractivity contribution in [2.24, 2.45) is 0 Å². The molecule has 0 aliphatic rings. The van der Waals surface area contributed by atoms with Gasteiger partial charge in [-0.15, -0.1) is 11.3 Å². The zero-order valence-corrected chi connectivity index (χ0v) is 11.4. The molecule has 0 radical (unpaired) electrons. The lowest BCUT2D eigenvalue weighted by Crippen LogP contribution is -2.38. The van der Waals surface area contributed by atoms with Gasteiger partial charge in [0.05, 0.1) is 17.3 Å². The molecule has 0 aromatic carbocycles. The predicted octanol–water partition coefficient (Wildman–Crippen LogP) is 1.53. The minimum Gasteiger partial charge on any atom is -0.464 e. The summed E-state index contributed by atoms with van der Waals surface area (Å²) in [4.78, 5) is 27.0. The molecule has 6 heteroatoms. The van der Waals surface area contributed by atoms with Crippen LogP contribution in [0.4, 0.5) is 0 Å². The van der Waals surface area contributed by atoms with Gasteiger partial charge in [0, 0.05) is 11.5 Å². The highest BCUT2D eigenvalue weighted by molar-refractivity contribution is 7.09. The van der Waals surface area contributed by atoms with Crippen LogP contribution in [0, 0.1) is 6.92 Å². The number of esters is 1. The van der Waals surface area contributed by atoms with Crippen LogP contribution in [0.15, 0.2) is 11.5 Å². The van der Waals surface area contributed by atoms with Crippen molar-refractivity contribution in [2.75, 3.05) is 6.61 Å². The maximum Gasteiger partial charge on any atom is 0.328 e. The summed E-state index contributed by atoms with van der Waals surface area (Å²) in [5, 5.41) is 5.31. The number of ether oxygens (including phenoxy) is 1. The van der Waals surface area contributed by atoms with Crippen molar-refractivity contribution in [3.63, 3.8) is 0 Å². The Morgan fingerprint density at radius 3 is 2.89 bits per heavy atom. The van der Waals surface area contributed by atoms with Crippen LogP contribution in [0.1, 0.15) is 24.5 Å². The second kappa shape index (κ2) is 6.90. The number of aromatic nitrogens is 1. The van der Waals surface area contributed by atoms with Crippen LogP contribution < -0.4 is 5.32 Å². The van der Waals surface area contributed by atoms with Crippen LogP contribution in [0.5, 0.6) is 0 Å². The van der Waals surface area contributed by atoms with E-state index in [2.05, 4.69) is 10.3 Å². The van der Waals surface area contributed by atoms with Gasteiger partial charge in [0.15, 0.2) is 0 Å². The molecule has 0 spiro atoms. The van der Waals surface area contributed by atoms with Gasteiger partial charge in [0.25, 0.3) is 0 Å². The summed E-state index contributed by atoms with van der Waals surface area (Å²) in [7, 11) is 0. The first-order valence-electron chi connectivity index (χ1n) is 5.60. The Labute approximate surface area is 110 Å². The van der Waals surface area contributed by atoms with E-state index < -0.39 is 12.0 Å². The fourth-order valence-electron chi connectivity index (χ4n) is 1.21. The van der Waals surface area contributed by atoms with Crippen molar-refractivity contribution >= 4 is 29.3 Å². The highest BCUT2D eigenvalue weighted by Gasteiger charge is 2.14. The summed E-state index contributed by atoms with van der Waals surface area (Å²) in [6.45, 7) is 5.49. The van der Waals surface area contributed by atoms with E-state index in [1.165, 1.54) is 17.4 Å². The number of nitrogens with zero attached hydrogens (tertiary/aromatic N) is 1. The van der Waals surface area contributed by atoms with E-state index in [-0.39, 0.29) is 5.91 Å². The van der Waals surface area contributed by atoms with E-state index >= 15 is 0 Å². The highest BCUT2D eigenvalue weighted by atomic mass is 32.1. The van der Waals surface area contributed by atoms with Gasteiger partial charge in [0.2, 0.25) is 5.91 Å². The Morgan fingerprint density at radius 1 is 1.61 bits per heavy atom. The summed E-state index contributed by atoms with van der Waals surface area (Å²) < 4.78 is 4.78. The lowest BCUT2D eigenvalue weighted by atomic mass is 10.3. The molecule has 5 nitrogen and oxygen atoms in total. The molecule has 18 heavy (non-hydrogen) atoms. The van der Waals surface area contributed by atoms with Crippen LogP contribution in [0.2, 0.25) is 0 Å². The fourth-order valence-corrected chi connectivity index (χ4v) is 1.79. The number of rotatable bonds is 5. The molecule has 1 heterocycles. The van der Waals surface area contributed by atoms with Crippen LogP contribution in [-0.2, 0) is 14.3 Å². The number of thiazole rings is 1. The molecule has 1 unspecified atom stereocenters. The van der Waals surface area contributed by atoms with Crippen molar-refractivity contribution in [2.45, 2.75) is 26.8 Å². The predicted molar refractivity (Wildman–Crippen MR) is 70.1 cm³/mol. The average molecular weight is 268 g/mol. The lowest BCUT2D eigenvalue weighted by Gasteiger charge is -2.10. The summed E-state index contributed by atoms with van der Waals surface area (Å²) in [6, 6.07) is -0.653. The number of hydrogen-bond acceptors (Lipinski definition) is 5. The summed E-state index contributed by atoms with van der Waals surface area (Å²) in [5.74, 6) is -0.787. The van der Waals surface area contributed by atoms with Gasteiger partial charge >= 0.3 is 5.97 Å². The average Bonchev–Trinajstić information content (AvgIpc) is 2.73. The minimum absolute atomic E-state index is 0.299. The van der Waals surface area contributed by atoms with Gasteiger partial charge in [-0.1, -0.05) is 0 Å². The standard InChI is InChI=1S/C12H16N2O3S/c1-4-17-12(16)8(2)13-11(15)6-5-10-7-18-9(3)14-10/h5-8H,4H2,1-3H3,(H,13,15)/b6-5+. The highest BCUT2D eigenvalue weighted by Crippen LogP contribution is 2.08. The fraction of sp³-hybridized carbons (Fsp3) is 0.417. The first-order chi connectivity index (χ1) is 8.52. The third-order valence-corrected chi connectivity index (χ3v) is 2.83. The van der Waals surface area contributed by atoms with Crippen LogP contribution in [-0.4, -0.2) is 29.5 Å². The molecule has 1 N–H and O–H groups in total. The number of aryl methyl sites for hydroxylation is 1. The molecule has 0 bridgehead atoms. The van der Waals surface area contributed by atoms with Crippen molar-refractivity contribution in [1.29, 1.82) is 0 Å². The quantitative estimate of drug-likeness (QED) is 0.649. The number of nitrogens with one attached hydrogen (secondary N) is 1. The topological polar surface area (TPSA) is 68.3 Å². The summed E-state index contributed by atoms with van der Waals surface area (Å²) in [6.07, 6.45) is 2.96. The van der Waals surface area contributed by atoms with E-state index in [9.17, 15) is 9.59 Å². The largest absolute Gasteiger partial charge is 0.464 e.